The lowest BCUT2D eigenvalue weighted by Crippen LogP contribution is -2.38. The van der Waals surface area contributed by atoms with Crippen molar-refractivity contribution in [3.05, 3.63) is 28.7 Å². The summed E-state index contributed by atoms with van der Waals surface area (Å²) in [7, 11) is 0. The summed E-state index contributed by atoms with van der Waals surface area (Å²) in [6, 6.07) is 6.02. The largest absolute Gasteiger partial charge is 0.326 e. The molecule has 0 aromatic heterocycles. The lowest BCUT2D eigenvalue weighted by Gasteiger charge is -2.13. The summed E-state index contributed by atoms with van der Waals surface area (Å²) in [4.78, 5) is 36.6. The van der Waals surface area contributed by atoms with Gasteiger partial charge in [-0.05, 0) is 30.7 Å². The minimum absolute atomic E-state index is 0.277. The molecule has 0 bridgehead atoms. The molecule has 1 saturated heterocycles. The molecule has 21 heavy (non-hydrogen) atoms. The summed E-state index contributed by atoms with van der Waals surface area (Å²) in [5.41, 5.74) is 0.611. The van der Waals surface area contributed by atoms with Crippen LogP contribution in [0.2, 0.25) is 0 Å². The molecule has 1 fully saturated rings. The molecule has 1 atom stereocenters. The number of urea groups is 1. The van der Waals surface area contributed by atoms with Gasteiger partial charge < -0.3 is 10.6 Å². The van der Waals surface area contributed by atoms with Crippen LogP contribution in [0, 0.1) is 0 Å². The highest BCUT2D eigenvalue weighted by atomic mass is 79.9. The van der Waals surface area contributed by atoms with Gasteiger partial charge in [-0.25, -0.2) is 4.79 Å². The molecule has 2 rings (SSSR count). The normalized spacial score (nSPS) is 17.8. The number of benzene rings is 1. The maximum atomic E-state index is 12.0. The lowest BCUT2D eigenvalue weighted by molar-refractivity contribution is -0.130. The van der Waals surface area contributed by atoms with Gasteiger partial charge in [-0.3, -0.25) is 14.5 Å². The molecule has 1 aromatic rings. The first-order valence-electron chi connectivity index (χ1n) is 6.68. The van der Waals surface area contributed by atoms with Gasteiger partial charge in [0.15, 0.2) is 0 Å². The van der Waals surface area contributed by atoms with E-state index in [1.165, 1.54) is 0 Å². The molecule has 2 N–H and O–H groups in total. The topological polar surface area (TPSA) is 78.5 Å². The van der Waals surface area contributed by atoms with Crippen LogP contribution in [0.25, 0.3) is 0 Å². The molecular formula is C14H16BrN3O3. The Balaban J connectivity index is 1.94. The van der Waals surface area contributed by atoms with Crippen LogP contribution in [-0.2, 0) is 9.59 Å². The highest BCUT2D eigenvalue weighted by Crippen LogP contribution is 2.15. The van der Waals surface area contributed by atoms with Crippen molar-refractivity contribution in [2.45, 2.75) is 25.8 Å². The summed E-state index contributed by atoms with van der Waals surface area (Å²) in [5.74, 6) is -0.745. The third kappa shape index (κ3) is 3.81. The van der Waals surface area contributed by atoms with Crippen LogP contribution >= 0.6 is 15.9 Å². The zero-order chi connectivity index (χ0) is 15.4. The molecule has 112 valence electrons. The van der Waals surface area contributed by atoms with E-state index in [2.05, 4.69) is 26.6 Å². The van der Waals surface area contributed by atoms with Crippen LogP contribution in [0.3, 0.4) is 0 Å². The molecular weight excluding hydrogens is 338 g/mol. The molecule has 6 nitrogen and oxygen atoms in total. The van der Waals surface area contributed by atoms with Crippen molar-refractivity contribution in [1.82, 2.24) is 10.2 Å². The maximum Gasteiger partial charge on any atom is 0.325 e. The van der Waals surface area contributed by atoms with Gasteiger partial charge in [0.1, 0.15) is 12.6 Å². The second kappa shape index (κ2) is 6.71. The number of carbonyl (C=O) groups is 3. The van der Waals surface area contributed by atoms with Gasteiger partial charge >= 0.3 is 6.03 Å². The number of nitrogens with zero attached hydrogens (tertiary/aromatic N) is 1. The van der Waals surface area contributed by atoms with E-state index in [9.17, 15) is 14.4 Å². The van der Waals surface area contributed by atoms with Gasteiger partial charge in [-0.2, -0.15) is 0 Å². The zero-order valence-corrected chi connectivity index (χ0v) is 13.1. The molecule has 4 amide bonds. The minimum Gasteiger partial charge on any atom is -0.326 e. The fourth-order valence-electron chi connectivity index (χ4n) is 2.09. The standard InChI is InChI=1S/C14H16BrN3O3/c1-2-3-11-13(20)18(14(21)17-11)8-12(19)16-10-6-4-9(15)5-7-10/h4-7,11H,2-3,8H2,1H3,(H,16,19)(H,17,21)/t11-/m0/s1. The number of amides is 4. The van der Waals surface area contributed by atoms with Gasteiger partial charge in [-0.1, -0.05) is 29.3 Å². The Labute approximate surface area is 131 Å². The van der Waals surface area contributed by atoms with Crippen LogP contribution in [-0.4, -0.2) is 35.3 Å². The molecule has 0 unspecified atom stereocenters. The molecule has 1 aromatic carbocycles. The molecule has 0 spiro atoms. The number of hydrogen-bond donors (Lipinski definition) is 2. The van der Waals surface area contributed by atoms with Crippen LogP contribution in [0.5, 0.6) is 0 Å². The second-order valence-electron chi connectivity index (χ2n) is 4.77. The summed E-state index contributed by atoms with van der Waals surface area (Å²) < 4.78 is 0.900. The summed E-state index contributed by atoms with van der Waals surface area (Å²) in [6.07, 6.45) is 1.37. The monoisotopic (exact) mass is 353 g/mol. The van der Waals surface area contributed by atoms with Crippen LogP contribution in [0.4, 0.5) is 10.5 Å². The van der Waals surface area contributed by atoms with Crippen LogP contribution in [0.15, 0.2) is 28.7 Å². The third-order valence-corrected chi connectivity index (χ3v) is 3.64. The van der Waals surface area contributed by atoms with Gasteiger partial charge in [0.25, 0.3) is 5.91 Å². The Hall–Kier alpha value is -1.89. The molecule has 0 radical (unpaired) electrons. The molecule has 7 heteroatoms. The SMILES string of the molecule is CCC[C@@H]1NC(=O)N(CC(=O)Nc2ccc(Br)cc2)C1=O. The van der Waals surface area contributed by atoms with Crippen molar-refractivity contribution in [3.8, 4) is 0 Å². The van der Waals surface area contributed by atoms with Gasteiger partial charge in [0, 0.05) is 10.2 Å². The van der Waals surface area contributed by atoms with Gasteiger partial charge in [0.05, 0.1) is 0 Å². The smallest absolute Gasteiger partial charge is 0.325 e. The van der Waals surface area contributed by atoms with Crippen molar-refractivity contribution in [1.29, 1.82) is 0 Å². The van der Waals surface area contributed by atoms with E-state index in [1.54, 1.807) is 24.3 Å². The lowest BCUT2D eigenvalue weighted by atomic mass is 10.2. The summed E-state index contributed by atoms with van der Waals surface area (Å²) >= 11 is 3.30. The van der Waals surface area contributed by atoms with E-state index in [4.69, 9.17) is 0 Å². The molecule has 0 saturated carbocycles. The van der Waals surface area contributed by atoms with Gasteiger partial charge in [-0.15, -0.1) is 0 Å². The first-order chi connectivity index (χ1) is 10.0. The van der Waals surface area contributed by atoms with Crippen molar-refractivity contribution in [2.24, 2.45) is 0 Å². The Kier molecular flexibility index (Phi) is 4.95. The van der Waals surface area contributed by atoms with E-state index >= 15 is 0 Å². The van der Waals surface area contributed by atoms with E-state index in [0.717, 1.165) is 15.8 Å². The quantitative estimate of drug-likeness (QED) is 0.795. The third-order valence-electron chi connectivity index (χ3n) is 3.11. The fraction of sp³-hybridized carbons (Fsp3) is 0.357. The van der Waals surface area contributed by atoms with E-state index in [-0.39, 0.29) is 12.5 Å². The summed E-state index contributed by atoms with van der Waals surface area (Å²) in [5, 5.41) is 5.23. The highest BCUT2D eigenvalue weighted by Gasteiger charge is 2.38. The first-order valence-corrected chi connectivity index (χ1v) is 7.48. The van der Waals surface area contributed by atoms with Crippen molar-refractivity contribution < 1.29 is 14.4 Å². The average Bonchev–Trinajstić information content (AvgIpc) is 2.70. The number of hydrogen-bond acceptors (Lipinski definition) is 3. The zero-order valence-electron chi connectivity index (χ0n) is 11.6. The molecule has 0 aliphatic carbocycles. The maximum absolute atomic E-state index is 12.0. The number of halogens is 1. The number of nitrogens with one attached hydrogen (secondary N) is 2. The number of rotatable bonds is 5. The number of imide groups is 1. The first kappa shape index (κ1) is 15.5. The minimum atomic E-state index is -0.511. The Morgan fingerprint density at radius 1 is 1.33 bits per heavy atom. The fourth-order valence-corrected chi connectivity index (χ4v) is 2.35. The van der Waals surface area contributed by atoms with Crippen molar-refractivity contribution in [3.63, 3.8) is 0 Å². The summed E-state index contributed by atoms with van der Waals surface area (Å²) in [6.45, 7) is 1.66. The van der Waals surface area contributed by atoms with Crippen molar-refractivity contribution >= 4 is 39.5 Å². The Morgan fingerprint density at radius 3 is 2.62 bits per heavy atom. The van der Waals surface area contributed by atoms with Gasteiger partial charge in [0.2, 0.25) is 5.91 Å². The number of anilines is 1. The Morgan fingerprint density at radius 2 is 2.00 bits per heavy atom. The van der Waals surface area contributed by atoms with Crippen LogP contribution < -0.4 is 10.6 Å². The average molecular weight is 354 g/mol. The van der Waals surface area contributed by atoms with Crippen molar-refractivity contribution in [2.75, 3.05) is 11.9 Å². The van der Waals surface area contributed by atoms with E-state index in [1.807, 2.05) is 6.92 Å². The Bertz CT molecular complexity index is 559. The molecule has 1 aliphatic heterocycles. The van der Waals surface area contributed by atoms with Crippen LogP contribution in [0.1, 0.15) is 19.8 Å². The number of carbonyl (C=O) groups excluding carboxylic acids is 3. The second-order valence-corrected chi connectivity index (χ2v) is 5.69. The molecule has 1 aliphatic rings. The van der Waals surface area contributed by atoms with E-state index in [0.29, 0.717) is 12.1 Å². The predicted molar refractivity (Wildman–Crippen MR) is 81.7 cm³/mol. The van der Waals surface area contributed by atoms with E-state index < -0.39 is 18.0 Å². The molecule has 1 heterocycles. The predicted octanol–water partition coefficient (Wildman–Crippen LogP) is 2.11. The highest BCUT2D eigenvalue weighted by molar-refractivity contribution is 9.10.